The Kier molecular flexibility index (Phi) is 4.52. The van der Waals surface area contributed by atoms with Gasteiger partial charge < -0.3 is 14.3 Å². The van der Waals surface area contributed by atoms with Gasteiger partial charge in [-0.3, -0.25) is 0 Å². The van der Waals surface area contributed by atoms with Crippen LogP contribution in [0, 0.1) is 12.7 Å². The highest BCUT2D eigenvalue weighted by molar-refractivity contribution is 5.50. The van der Waals surface area contributed by atoms with E-state index in [-0.39, 0.29) is 12.3 Å². The summed E-state index contributed by atoms with van der Waals surface area (Å²) in [6, 6.07) is 1.70. The molecule has 0 radical (unpaired) electrons. The molecule has 0 atom stereocenters. The number of halogens is 1. The van der Waals surface area contributed by atoms with Crippen LogP contribution in [0.2, 0.25) is 0 Å². The molecular formula is C11H16FNO3. The van der Waals surface area contributed by atoms with Crippen LogP contribution in [0.4, 0.5) is 4.39 Å². The second kappa shape index (κ2) is 5.67. The first-order valence-corrected chi connectivity index (χ1v) is 4.81. The Morgan fingerprint density at radius 2 is 1.81 bits per heavy atom. The molecule has 90 valence electrons. The van der Waals surface area contributed by atoms with Crippen molar-refractivity contribution in [3.63, 3.8) is 0 Å². The van der Waals surface area contributed by atoms with Crippen LogP contribution in [0.25, 0.3) is 0 Å². The molecular weight excluding hydrogens is 213 g/mol. The predicted molar refractivity (Wildman–Crippen MR) is 58.1 cm³/mol. The van der Waals surface area contributed by atoms with Gasteiger partial charge in [-0.05, 0) is 18.6 Å². The zero-order valence-electron chi connectivity index (χ0n) is 9.89. The second-order valence-corrected chi connectivity index (χ2v) is 3.26. The summed E-state index contributed by atoms with van der Waals surface area (Å²) in [7, 11) is 4.37. The van der Waals surface area contributed by atoms with Crippen LogP contribution in [0.15, 0.2) is 6.07 Å². The standard InChI is InChI=1S/C11H16FNO3/c1-7-5-8(6-13-16-4)9(12)11(15-3)10(7)14-2/h5,13H,6H2,1-4H3. The average Bonchev–Trinajstić information content (AvgIpc) is 2.29. The van der Waals surface area contributed by atoms with E-state index < -0.39 is 5.82 Å². The predicted octanol–water partition coefficient (Wildman–Crippen LogP) is 1.80. The number of hydroxylamine groups is 1. The Morgan fingerprint density at radius 3 is 2.31 bits per heavy atom. The van der Waals surface area contributed by atoms with E-state index in [1.54, 1.807) is 6.07 Å². The smallest absolute Gasteiger partial charge is 0.197 e. The van der Waals surface area contributed by atoms with Gasteiger partial charge in [-0.2, -0.15) is 5.48 Å². The van der Waals surface area contributed by atoms with Gasteiger partial charge in [0.05, 0.1) is 21.3 Å². The average molecular weight is 229 g/mol. The van der Waals surface area contributed by atoms with Crippen molar-refractivity contribution in [3.05, 3.63) is 23.0 Å². The fourth-order valence-corrected chi connectivity index (χ4v) is 1.53. The molecule has 0 aliphatic rings. The Balaban J connectivity index is 3.17. The van der Waals surface area contributed by atoms with Gasteiger partial charge in [0.15, 0.2) is 17.3 Å². The van der Waals surface area contributed by atoms with Crippen molar-refractivity contribution in [2.24, 2.45) is 0 Å². The number of rotatable bonds is 5. The molecule has 0 saturated carbocycles. The SMILES string of the molecule is CONCc1cc(C)c(OC)c(OC)c1F. The van der Waals surface area contributed by atoms with Crippen LogP contribution in [-0.2, 0) is 11.4 Å². The first-order chi connectivity index (χ1) is 7.65. The molecule has 1 aromatic rings. The zero-order valence-corrected chi connectivity index (χ0v) is 9.89. The molecule has 4 nitrogen and oxygen atoms in total. The van der Waals surface area contributed by atoms with Gasteiger partial charge in [-0.1, -0.05) is 0 Å². The first kappa shape index (κ1) is 12.7. The molecule has 0 heterocycles. The lowest BCUT2D eigenvalue weighted by atomic mass is 10.1. The number of hydrogen-bond acceptors (Lipinski definition) is 4. The summed E-state index contributed by atoms with van der Waals surface area (Å²) in [6.45, 7) is 2.10. The maximum absolute atomic E-state index is 13.9. The second-order valence-electron chi connectivity index (χ2n) is 3.26. The molecule has 1 rings (SSSR count). The third-order valence-electron chi connectivity index (χ3n) is 2.25. The third kappa shape index (κ3) is 2.43. The lowest BCUT2D eigenvalue weighted by Crippen LogP contribution is -2.13. The molecule has 0 amide bonds. The molecule has 0 unspecified atom stereocenters. The largest absolute Gasteiger partial charge is 0.492 e. The number of aryl methyl sites for hydroxylation is 1. The van der Waals surface area contributed by atoms with Crippen LogP contribution in [0.5, 0.6) is 11.5 Å². The molecule has 0 saturated heterocycles. The lowest BCUT2D eigenvalue weighted by molar-refractivity contribution is 0.0857. The van der Waals surface area contributed by atoms with Crippen LogP contribution in [0.3, 0.4) is 0 Å². The fourth-order valence-electron chi connectivity index (χ4n) is 1.53. The number of ether oxygens (including phenoxy) is 2. The molecule has 1 N–H and O–H groups in total. The highest BCUT2D eigenvalue weighted by Crippen LogP contribution is 2.35. The summed E-state index contributed by atoms with van der Waals surface area (Å²) < 4.78 is 24.0. The Morgan fingerprint density at radius 1 is 1.19 bits per heavy atom. The van der Waals surface area contributed by atoms with Crippen molar-refractivity contribution in [2.75, 3.05) is 21.3 Å². The van der Waals surface area contributed by atoms with Crippen LogP contribution >= 0.6 is 0 Å². The summed E-state index contributed by atoms with van der Waals surface area (Å²) in [5, 5.41) is 0. The number of hydrogen-bond donors (Lipinski definition) is 1. The molecule has 0 fully saturated rings. The van der Waals surface area contributed by atoms with Crippen molar-refractivity contribution in [1.82, 2.24) is 5.48 Å². The monoisotopic (exact) mass is 229 g/mol. The van der Waals surface area contributed by atoms with E-state index in [0.717, 1.165) is 5.56 Å². The Bertz CT molecular complexity index is 369. The van der Waals surface area contributed by atoms with E-state index >= 15 is 0 Å². The van der Waals surface area contributed by atoms with E-state index in [1.807, 2.05) is 6.92 Å². The molecule has 0 aliphatic carbocycles. The Labute approximate surface area is 94.3 Å². The summed E-state index contributed by atoms with van der Waals surface area (Å²) >= 11 is 0. The number of benzene rings is 1. The van der Waals surface area contributed by atoms with E-state index in [4.69, 9.17) is 9.47 Å². The maximum atomic E-state index is 13.9. The van der Waals surface area contributed by atoms with Crippen LogP contribution in [-0.4, -0.2) is 21.3 Å². The molecule has 5 heteroatoms. The van der Waals surface area contributed by atoms with Gasteiger partial charge in [0.1, 0.15) is 0 Å². The quantitative estimate of drug-likeness (QED) is 0.781. The maximum Gasteiger partial charge on any atom is 0.197 e. The molecule has 1 aromatic carbocycles. The minimum atomic E-state index is -0.436. The van der Waals surface area contributed by atoms with Gasteiger partial charge in [0, 0.05) is 12.1 Å². The van der Waals surface area contributed by atoms with Gasteiger partial charge in [0.2, 0.25) is 0 Å². The topological polar surface area (TPSA) is 39.7 Å². The molecule has 0 spiro atoms. The van der Waals surface area contributed by atoms with E-state index in [0.29, 0.717) is 11.3 Å². The minimum Gasteiger partial charge on any atom is -0.492 e. The van der Waals surface area contributed by atoms with Crippen molar-refractivity contribution in [3.8, 4) is 11.5 Å². The van der Waals surface area contributed by atoms with Crippen molar-refractivity contribution >= 4 is 0 Å². The number of nitrogens with one attached hydrogen (secondary N) is 1. The van der Waals surface area contributed by atoms with Gasteiger partial charge in [0.25, 0.3) is 0 Å². The minimum absolute atomic E-state index is 0.121. The molecule has 16 heavy (non-hydrogen) atoms. The summed E-state index contributed by atoms with van der Waals surface area (Å²) in [6.07, 6.45) is 0. The number of methoxy groups -OCH3 is 2. The van der Waals surface area contributed by atoms with Crippen molar-refractivity contribution in [2.45, 2.75) is 13.5 Å². The van der Waals surface area contributed by atoms with E-state index in [2.05, 4.69) is 10.3 Å². The highest BCUT2D eigenvalue weighted by atomic mass is 19.1. The molecule has 0 bridgehead atoms. The summed E-state index contributed by atoms with van der Waals surface area (Å²) in [5.74, 6) is 0.103. The highest BCUT2D eigenvalue weighted by Gasteiger charge is 2.17. The molecule has 0 aliphatic heterocycles. The third-order valence-corrected chi connectivity index (χ3v) is 2.25. The van der Waals surface area contributed by atoms with Crippen LogP contribution in [0.1, 0.15) is 11.1 Å². The van der Waals surface area contributed by atoms with E-state index in [1.165, 1.54) is 21.3 Å². The van der Waals surface area contributed by atoms with Crippen molar-refractivity contribution in [1.29, 1.82) is 0 Å². The van der Waals surface area contributed by atoms with Crippen LogP contribution < -0.4 is 15.0 Å². The summed E-state index contributed by atoms with van der Waals surface area (Å²) in [5.41, 5.74) is 3.87. The van der Waals surface area contributed by atoms with Crippen molar-refractivity contribution < 1.29 is 18.7 Å². The van der Waals surface area contributed by atoms with Gasteiger partial charge in [-0.15, -0.1) is 0 Å². The Hall–Kier alpha value is -1.33. The summed E-state index contributed by atoms with van der Waals surface area (Å²) in [4.78, 5) is 4.68. The van der Waals surface area contributed by atoms with E-state index in [9.17, 15) is 4.39 Å². The van der Waals surface area contributed by atoms with Gasteiger partial charge >= 0.3 is 0 Å². The normalized spacial score (nSPS) is 10.3. The molecule has 0 aromatic heterocycles. The zero-order chi connectivity index (χ0) is 12.1. The van der Waals surface area contributed by atoms with Gasteiger partial charge in [-0.25, -0.2) is 4.39 Å². The first-order valence-electron chi connectivity index (χ1n) is 4.81. The lowest BCUT2D eigenvalue weighted by Gasteiger charge is -2.14. The fraction of sp³-hybridized carbons (Fsp3) is 0.455.